The zero-order chi connectivity index (χ0) is 13.6. The van der Waals surface area contributed by atoms with Crippen molar-refractivity contribution in [1.29, 1.82) is 0 Å². The Morgan fingerprint density at radius 2 is 2.11 bits per heavy atom. The van der Waals surface area contributed by atoms with E-state index in [0.717, 1.165) is 36.5 Å². The molecule has 0 unspecified atom stereocenters. The summed E-state index contributed by atoms with van der Waals surface area (Å²) in [5.74, 6) is 1.00. The van der Waals surface area contributed by atoms with Crippen LogP contribution >= 0.6 is 23.2 Å². The van der Waals surface area contributed by atoms with Gasteiger partial charge < -0.3 is 10.0 Å². The Balaban J connectivity index is 2.11. The van der Waals surface area contributed by atoms with Crippen molar-refractivity contribution in [3.63, 3.8) is 0 Å². The molecule has 3 rings (SSSR count). The molecule has 100 valence electrons. The van der Waals surface area contributed by atoms with Crippen LogP contribution in [-0.2, 0) is 13.5 Å². The van der Waals surface area contributed by atoms with Crippen molar-refractivity contribution >= 4 is 34.7 Å². The topological polar surface area (TPSA) is 41.3 Å². The van der Waals surface area contributed by atoms with E-state index < -0.39 is 0 Å². The van der Waals surface area contributed by atoms with Gasteiger partial charge in [-0.05, 0) is 31.0 Å². The molecule has 1 aliphatic rings. The second-order valence-electron chi connectivity index (χ2n) is 4.60. The molecule has 1 aromatic carbocycles. The van der Waals surface area contributed by atoms with Crippen molar-refractivity contribution in [3.05, 3.63) is 33.8 Å². The van der Waals surface area contributed by atoms with Gasteiger partial charge in [0.15, 0.2) is 5.82 Å². The molecule has 0 saturated heterocycles. The molecule has 0 aliphatic carbocycles. The van der Waals surface area contributed by atoms with Gasteiger partial charge in [-0.15, -0.1) is 0 Å². The molecule has 0 amide bonds. The number of aromatic nitrogens is 2. The van der Waals surface area contributed by atoms with Gasteiger partial charge in [-0.1, -0.05) is 23.2 Å². The van der Waals surface area contributed by atoms with E-state index in [-0.39, 0.29) is 5.88 Å². The van der Waals surface area contributed by atoms with E-state index >= 15 is 0 Å². The Hall–Kier alpha value is -1.39. The van der Waals surface area contributed by atoms with Crippen molar-refractivity contribution in [2.75, 3.05) is 11.4 Å². The normalized spacial score (nSPS) is 14.6. The van der Waals surface area contributed by atoms with Gasteiger partial charge in [-0.2, -0.15) is 5.10 Å². The average molecular weight is 298 g/mol. The van der Waals surface area contributed by atoms with Crippen LogP contribution in [0.3, 0.4) is 0 Å². The predicted molar refractivity (Wildman–Crippen MR) is 76.7 cm³/mol. The second-order valence-corrected chi connectivity index (χ2v) is 5.44. The summed E-state index contributed by atoms with van der Waals surface area (Å²) in [5.41, 5.74) is 1.74. The predicted octanol–water partition coefficient (Wildman–Crippen LogP) is 3.52. The molecule has 4 nitrogen and oxygen atoms in total. The summed E-state index contributed by atoms with van der Waals surface area (Å²) in [6, 6.07) is 5.40. The first-order valence-electron chi connectivity index (χ1n) is 6.05. The molecule has 6 heteroatoms. The van der Waals surface area contributed by atoms with Crippen molar-refractivity contribution in [3.8, 4) is 5.88 Å². The van der Waals surface area contributed by atoms with Crippen molar-refractivity contribution < 1.29 is 5.11 Å². The van der Waals surface area contributed by atoms with Gasteiger partial charge >= 0.3 is 0 Å². The maximum atomic E-state index is 9.98. The van der Waals surface area contributed by atoms with Crippen LogP contribution in [0, 0.1) is 0 Å². The minimum absolute atomic E-state index is 0.227. The van der Waals surface area contributed by atoms with Crippen LogP contribution in [0.5, 0.6) is 5.88 Å². The molecule has 0 radical (unpaired) electrons. The summed E-state index contributed by atoms with van der Waals surface area (Å²) in [6.45, 7) is 0.824. The van der Waals surface area contributed by atoms with E-state index in [4.69, 9.17) is 23.2 Å². The van der Waals surface area contributed by atoms with E-state index in [1.54, 1.807) is 19.2 Å². The lowest BCUT2D eigenvalue weighted by molar-refractivity contribution is 0.413. The van der Waals surface area contributed by atoms with E-state index in [1.807, 2.05) is 11.0 Å². The van der Waals surface area contributed by atoms with Gasteiger partial charge in [0.1, 0.15) is 0 Å². The highest BCUT2D eigenvalue weighted by Gasteiger charge is 2.26. The van der Waals surface area contributed by atoms with Gasteiger partial charge in [-0.25, -0.2) is 4.68 Å². The van der Waals surface area contributed by atoms with Crippen molar-refractivity contribution in [1.82, 2.24) is 9.78 Å². The van der Waals surface area contributed by atoms with Crippen LogP contribution in [0.25, 0.3) is 0 Å². The zero-order valence-corrected chi connectivity index (χ0v) is 11.9. The maximum Gasteiger partial charge on any atom is 0.214 e. The first-order chi connectivity index (χ1) is 9.08. The van der Waals surface area contributed by atoms with E-state index in [1.165, 1.54) is 4.68 Å². The fourth-order valence-electron chi connectivity index (χ4n) is 2.44. The molecule has 1 N–H and O–H groups in total. The molecular formula is C13H13Cl2N3O. The zero-order valence-electron chi connectivity index (χ0n) is 10.4. The Kier molecular flexibility index (Phi) is 3.07. The maximum absolute atomic E-state index is 9.98. The van der Waals surface area contributed by atoms with Crippen molar-refractivity contribution in [2.45, 2.75) is 12.8 Å². The smallest absolute Gasteiger partial charge is 0.214 e. The largest absolute Gasteiger partial charge is 0.493 e. The number of anilines is 2. The number of fused-ring (bicyclic) bond motifs is 1. The van der Waals surface area contributed by atoms with Gasteiger partial charge in [0.2, 0.25) is 5.88 Å². The molecular weight excluding hydrogens is 285 g/mol. The molecule has 0 saturated carbocycles. The summed E-state index contributed by atoms with van der Waals surface area (Å²) in [5, 5.41) is 15.5. The first kappa shape index (κ1) is 12.6. The second kappa shape index (κ2) is 4.62. The monoisotopic (exact) mass is 297 g/mol. The minimum Gasteiger partial charge on any atom is -0.493 e. The summed E-state index contributed by atoms with van der Waals surface area (Å²) in [7, 11) is 1.73. The number of hydrogen-bond acceptors (Lipinski definition) is 3. The van der Waals surface area contributed by atoms with Crippen LogP contribution in [0.4, 0.5) is 11.5 Å². The highest BCUT2D eigenvalue weighted by molar-refractivity contribution is 6.36. The summed E-state index contributed by atoms with van der Waals surface area (Å²) >= 11 is 12.2. The Bertz CT molecular complexity index is 639. The minimum atomic E-state index is 0.227. The molecule has 2 heterocycles. The Labute approximate surface area is 121 Å². The fourth-order valence-corrected chi connectivity index (χ4v) is 2.95. The molecule has 0 atom stereocenters. The number of aromatic hydroxyl groups is 1. The van der Waals surface area contributed by atoms with Crippen LogP contribution in [-0.4, -0.2) is 21.4 Å². The highest BCUT2D eigenvalue weighted by Crippen LogP contribution is 2.40. The Morgan fingerprint density at radius 3 is 2.84 bits per heavy atom. The van der Waals surface area contributed by atoms with Gasteiger partial charge in [-0.3, -0.25) is 0 Å². The molecule has 1 aliphatic heterocycles. The number of benzene rings is 1. The number of hydrogen-bond donors (Lipinski definition) is 1. The molecule has 0 spiro atoms. The molecule has 1 aromatic heterocycles. The lowest BCUT2D eigenvalue weighted by Crippen LogP contribution is -2.24. The first-order valence-corrected chi connectivity index (χ1v) is 6.81. The lowest BCUT2D eigenvalue weighted by atomic mass is 10.1. The third-order valence-corrected chi connectivity index (χ3v) is 3.89. The molecule has 0 bridgehead atoms. The van der Waals surface area contributed by atoms with Gasteiger partial charge in [0.25, 0.3) is 0 Å². The number of aryl methyl sites for hydroxylation is 1. The number of nitrogens with zero attached hydrogens (tertiary/aromatic N) is 3. The highest BCUT2D eigenvalue weighted by atomic mass is 35.5. The summed E-state index contributed by atoms with van der Waals surface area (Å²) < 4.78 is 1.49. The van der Waals surface area contributed by atoms with Crippen LogP contribution in [0.15, 0.2) is 18.2 Å². The van der Waals surface area contributed by atoms with Crippen LogP contribution < -0.4 is 4.90 Å². The number of rotatable bonds is 1. The SMILES string of the molecule is Cn1nc2c(c1O)CCCN2c1ccc(Cl)cc1Cl. The van der Waals surface area contributed by atoms with Crippen molar-refractivity contribution in [2.24, 2.45) is 7.05 Å². The van der Waals surface area contributed by atoms with E-state index in [2.05, 4.69) is 5.10 Å². The molecule has 0 fully saturated rings. The fraction of sp³-hybridized carbons (Fsp3) is 0.308. The lowest BCUT2D eigenvalue weighted by Gasteiger charge is -2.28. The summed E-state index contributed by atoms with van der Waals surface area (Å²) in [4.78, 5) is 2.03. The van der Waals surface area contributed by atoms with Crippen LogP contribution in [0.2, 0.25) is 10.0 Å². The van der Waals surface area contributed by atoms with Gasteiger partial charge in [0, 0.05) is 18.6 Å². The number of halogens is 2. The van der Waals surface area contributed by atoms with Crippen LogP contribution in [0.1, 0.15) is 12.0 Å². The Morgan fingerprint density at radius 1 is 1.32 bits per heavy atom. The summed E-state index contributed by atoms with van der Waals surface area (Å²) in [6.07, 6.45) is 1.78. The third kappa shape index (κ3) is 2.05. The van der Waals surface area contributed by atoms with E-state index in [0.29, 0.717) is 10.0 Å². The van der Waals surface area contributed by atoms with Gasteiger partial charge in [0.05, 0.1) is 16.3 Å². The third-order valence-electron chi connectivity index (χ3n) is 3.36. The van der Waals surface area contributed by atoms with E-state index in [9.17, 15) is 5.11 Å². The molecule has 2 aromatic rings. The standard InChI is InChI=1S/C13H13Cl2N3O/c1-17-13(19)9-3-2-6-18(12(9)16-17)11-5-4-8(14)7-10(11)15/h4-5,7,19H,2-3,6H2,1H3. The molecule has 19 heavy (non-hydrogen) atoms. The quantitative estimate of drug-likeness (QED) is 0.876. The average Bonchev–Trinajstić information content (AvgIpc) is 2.66.